The molecule has 1 heterocycles. The first kappa shape index (κ1) is 21.6. The van der Waals surface area contributed by atoms with E-state index in [4.69, 9.17) is 0 Å². The van der Waals surface area contributed by atoms with Crippen molar-refractivity contribution in [2.75, 3.05) is 5.32 Å². The molecular formula is C24H29N3O3. The van der Waals surface area contributed by atoms with E-state index in [0.717, 1.165) is 19.3 Å². The minimum atomic E-state index is -0.460. The summed E-state index contributed by atoms with van der Waals surface area (Å²) in [6.07, 6.45) is 3.93. The summed E-state index contributed by atoms with van der Waals surface area (Å²) < 4.78 is 2.63. The molecule has 0 aliphatic carbocycles. The van der Waals surface area contributed by atoms with Gasteiger partial charge in [0.05, 0.1) is 10.9 Å². The van der Waals surface area contributed by atoms with E-state index in [1.807, 2.05) is 38.1 Å². The van der Waals surface area contributed by atoms with Crippen molar-refractivity contribution in [1.82, 2.24) is 9.13 Å². The fourth-order valence-electron chi connectivity index (χ4n) is 3.54. The summed E-state index contributed by atoms with van der Waals surface area (Å²) in [7, 11) is 0. The van der Waals surface area contributed by atoms with Crippen LogP contribution in [0, 0.1) is 0 Å². The molecule has 158 valence electrons. The number of carbonyl (C=O) groups is 1. The lowest BCUT2D eigenvalue weighted by molar-refractivity contribution is -0.116. The Kier molecular flexibility index (Phi) is 6.87. The van der Waals surface area contributed by atoms with Crippen LogP contribution in [0.15, 0.2) is 58.1 Å². The van der Waals surface area contributed by atoms with Gasteiger partial charge in [0, 0.05) is 11.7 Å². The molecule has 0 unspecified atom stereocenters. The van der Waals surface area contributed by atoms with Crippen LogP contribution in [0.3, 0.4) is 0 Å². The molecule has 3 aromatic rings. The molecule has 3 rings (SSSR count). The molecule has 0 aliphatic rings. The Bertz CT molecular complexity index is 1140. The van der Waals surface area contributed by atoms with Crippen molar-refractivity contribution in [3.63, 3.8) is 0 Å². The number of aryl methyl sites for hydroxylation is 1. The standard InChI is InChI=1S/C24H29N3O3/c1-4-6-9-18-12-14-19(15-13-18)25-22(28)16-26-21-11-8-7-10-20(21)23(29)27(24(26)30)17(3)5-2/h7-8,10-15,17H,4-6,9,16H2,1-3H3,(H,25,28)/t17-/m1/s1. The molecule has 0 spiro atoms. The highest BCUT2D eigenvalue weighted by Gasteiger charge is 2.18. The monoisotopic (exact) mass is 407 g/mol. The number of anilines is 1. The van der Waals surface area contributed by atoms with Gasteiger partial charge in [-0.1, -0.05) is 44.5 Å². The highest BCUT2D eigenvalue weighted by atomic mass is 16.2. The molecule has 6 heteroatoms. The van der Waals surface area contributed by atoms with Gasteiger partial charge < -0.3 is 5.32 Å². The average molecular weight is 408 g/mol. The van der Waals surface area contributed by atoms with Gasteiger partial charge in [-0.05, 0) is 56.0 Å². The summed E-state index contributed by atoms with van der Waals surface area (Å²) in [5.41, 5.74) is 1.62. The summed E-state index contributed by atoms with van der Waals surface area (Å²) in [6.45, 7) is 5.76. The maximum Gasteiger partial charge on any atom is 0.332 e. The second-order valence-electron chi connectivity index (χ2n) is 7.67. The van der Waals surface area contributed by atoms with E-state index in [1.54, 1.807) is 24.3 Å². The molecule has 1 aromatic heterocycles. The minimum Gasteiger partial charge on any atom is -0.325 e. The quantitative estimate of drug-likeness (QED) is 0.611. The van der Waals surface area contributed by atoms with Crippen LogP contribution in [0.2, 0.25) is 0 Å². The lowest BCUT2D eigenvalue weighted by Gasteiger charge is -2.17. The van der Waals surface area contributed by atoms with Crippen LogP contribution in [-0.2, 0) is 17.8 Å². The first-order valence-corrected chi connectivity index (χ1v) is 10.6. The predicted molar refractivity (Wildman–Crippen MR) is 121 cm³/mol. The third-order valence-electron chi connectivity index (χ3n) is 5.47. The molecule has 0 radical (unpaired) electrons. The van der Waals surface area contributed by atoms with Crippen molar-refractivity contribution in [3.8, 4) is 0 Å². The Labute approximate surface area is 176 Å². The van der Waals surface area contributed by atoms with Gasteiger partial charge in [0.1, 0.15) is 6.54 Å². The predicted octanol–water partition coefficient (Wildman–Crippen LogP) is 4.12. The summed E-state index contributed by atoms with van der Waals surface area (Å²) in [4.78, 5) is 38.6. The zero-order valence-corrected chi connectivity index (χ0v) is 17.9. The molecule has 2 aromatic carbocycles. The lowest BCUT2D eigenvalue weighted by atomic mass is 10.1. The molecule has 0 aliphatic heterocycles. The molecular weight excluding hydrogens is 378 g/mol. The molecule has 1 atom stereocenters. The number of amides is 1. The summed E-state index contributed by atoms with van der Waals surface area (Å²) in [5, 5.41) is 3.29. The summed E-state index contributed by atoms with van der Waals surface area (Å²) >= 11 is 0. The third kappa shape index (κ3) is 4.53. The second-order valence-corrected chi connectivity index (χ2v) is 7.67. The number of nitrogens with one attached hydrogen (secondary N) is 1. The van der Waals surface area contributed by atoms with Crippen molar-refractivity contribution < 1.29 is 4.79 Å². The van der Waals surface area contributed by atoms with E-state index in [1.165, 1.54) is 14.7 Å². The Morgan fingerprint density at radius 2 is 1.73 bits per heavy atom. The Morgan fingerprint density at radius 1 is 1.03 bits per heavy atom. The van der Waals surface area contributed by atoms with Crippen LogP contribution in [0.4, 0.5) is 5.69 Å². The fraction of sp³-hybridized carbons (Fsp3) is 0.375. The van der Waals surface area contributed by atoms with E-state index in [-0.39, 0.29) is 24.1 Å². The van der Waals surface area contributed by atoms with Gasteiger partial charge in [-0.25, -0.2) is 4.79 Å². The van der Waals surface area contributed by atoms with Gasteiger partial charge in [-0.2, -0.15) is 0 Å². The van der Waals surface area contributed by atoms with Crippen molar-refractivity contribution in [1.29, 1.82) is 0 Å². The first-order chi connectivity index (χ1) is 14.5. The van der Waals surface area contributed by atoms with Gasteiger partial charge in [0.2, 0.25) is 5.91 Å². The van der Waals surface area contributed by atoms with Gasteiger partial charge in [0.25, 0.3) is 5.56 Å². The maximum atomic E-state index is 13.1. The number of hydrogen-bond acceptors (Lipinski definition) is 3. The molecule has 0 saturated heterocycles. The van der Waals surface area contributed by atoms with Crippen LogP contribution in [0.1, 0.15) is 51.6 Å². The number of nitrogens with zero attached hydrogens (tertiary/aromatic N) is 2. The van der Waals surface area contributed by atoms with E-state index < -0.39 is 5.69 Å². The third-order valence-corrected chi connectivity index (χ3v) is 5.47. The maximum absolute atomic E-state index is 13.1. The van der Waals surface area contributed by atoms with E-state index in [2.05, 4.69) is 12.2 Å². The molecule has 0 bridgehead atoms. The smallest absolute Gasteiger partial charge is 0.325 e. The van der Waals surface area contributed by atoms with Crippen molar-refractivity contribution in [3.05, 3.63) is 74.9 Å². The van der Waals surface area contributed by atoms with Crippen molar-refractivity contribution in [2.45, 2.75) is 59.0 Å². The molecule has 0 fully saturated rings. The number of aromatic nitrogens is 2. The zero-order valence-electron chi connectivity index (χ0n) is 17.9. The largest absolute Gasteiger partial charge is 0.332 e. The second kappa shape index (κ2) is 9.57. The first-order valence-electron chi connectivity index (χ1n) is 10.6. The number of benzene rings is 2. The van der Waals surface area contributed by atoms with Crippen LogP contribution in [-0.4, -0.2) is 15.0 Å². The van der Waals surface area contributed by atoms with E-state index in [9.17, 15) is 14.4 Å². The summed E-state index contributed by atoms with van der Waals surface area (Å²) in [6, 6.07) is 14.4. The lowest BCUT2D eigenvalue weighted by Crippen LogP contribution is -2.43. The van der Waals surface area contributed by atoms with Crippen molar-refractivity contribution in [2.24, 2.45) is 0 Å². The number of para-hydroxylation sites is 1. The highest BCUT2D eigenvalue weighted by Crippen LogP contribution is 2.14. The number of rotatable bonds is 8. The van der Waals surface area contributed by atoms with Crippen LogP contribution < -0.4 is 16.6 Å². The van der Waals surface area contributed by atoms with Crippen molar-refractivity contribution >= 4 is 22.5 Å². The summed E-state index contributed by atoms with van der Waals surface area (Å²) in [5.74, 6) is -0.307. The zero-order chi connectivity index (χ0) is 21.7. The number of carbonyl (C=O) groups excluding carboxylic acids is 1. The van der Waals surface area contributed by atoms with Gasteiger partial charge in [0.15, 0.2) is 0 Å². The molecule has 0 saturated carbocycles. The molecule has 1 amide bonds. The average Bonchev–Trinajstić information content (AvgIpc) is 2.76. The minimum absolute atomic E-state index is 0.159. The Hall–Kier alpha value is -3.15. The Morgan fingerprint density at radius 3 is 2.40 bits per heavy atom. The van der Waals surface area contributed by atoms with E-state index >= 15 is 0 Å². The fourth-order valence-corrected chi connectivity index (χ4v) is 3.54. The van der Waals surface area contributed by atoms with Gasteiger partial charge in [-0.3, -0.25) is 18.7 Å². The molecule has 6 nitrogen and oxygen atoms in total. The Balaban J connectivity index is 1.90. The molecule has 30 heavy (non-hydrogen) atoms. The number of hydrogen-bond donors (Lipinski definition) is 1. The van der Waals surface area contributed by atoms with Gasteiger partial charge >= 0.3 is 5.69 Å². The van der Waals surface area contributed by atoms with Gasteiger partial charge in [-0.15, -0.1) is 0 Å². The number of fused-ring (bicyclic) bond motifs is 1. The van der Waals surface area contributed by atoms with Crippen LogP contribution in [0.5, 0.6) is 0 Å². The normalized spacial score (nSPS) is 12.1. The van der Waals surface area contributed by atoms with Crippen LogP contribution >= 0.6 is 0 Å². The van der Waals surface area contributed by atoms with Crippen LogP contribution in [0.25, 0.3) is 10.9 Å². The molecule has 1 N–H and O–H groups in total. The number of unbranched alkanes of at least 4 members (excludes halogenated alkanes) is 1. The van der Waals surface area contributed by atoms with E-state index in [0.29, 0.717) is 23.0 Å². The SMILES string of the molecule is CCCCc1ccc(NC(=O)Cn2c(=O)n([C@H](C)CC)c(=O)c3ccccc32)cc1. The topological polar surface area (TPSA) is 73.1 Å². The highest BCUT2D eigenvalue weighted by molar-refractivity contribution is 5.91.